The molecule has 1 aromatic rings. The molecule has 5 heteroatoms. The van der Waals surface area contributed by atoms with Crippen LogP contribution in [0.25, 0.3) is 0 Å². The molecule has 0 N–H and O–H groups in total. The van der Waals surface area contributed by atoms with Gasteiger partial charge in [-0.05, 0) is 25.3 Å². The van der Waals surface area contributed by atoms with Crippen molar-refractivity contribution < 1.29 is 9.18 Å². The molecule has 1 aliphatic heterocycles. The number of nitrogens with zero attached hydrogens (tertiary/aromatic N) is 2. The third kappa shape index (κ3) is 2.93. The number of hydrogen-bond acceptors (Lipinski definition) is 2. The molecular formula is C12H15FN2O2. The fourth-order valence-electron chi connectivity index (χ4n) is 2.01. The number of halogens is 1. The first kappa shape index (κ1) is 11.8. The molecule has 1 fully saturated rings. The Morgan fingerprint density at radius 3 is 2.65 bits per heavy atom. The molecule has 92 valence electrons. The Hall–Kier alpha value is -1.65. The molecule has 0 atom stereocenters. The van der Waals surface area contributed by atoms with Gasteiger partial charge in [-0.15, -0.1) is 0 Å². The molecule has 1 aromatic heterocycles. The lowest BCUT2D eigenvalue weighted by Gasteiger charge is -2.26. The second-order valence-electron chi connectivity index (χ2n) is 4.25. The average molecular weight is 238 g/mol. The molecule has 1 aliphatic rings. The summed E-state index contributed by atoms with van der Waals surface area (Å²) in [5, 5.41) is 0. The van der Waals surface area contributed by atoms with Crippen molar-refractivity contribution in [3.05, 3.63) is 34.5 Å². The second-order valence-corrected chi connectivity index (χ2v) is 4.25. The molecule has 0 saturated carbocycles. The summed E-state index contributed by atoms with van der Waals surface area (Å²) in [6.45, 7) is 1.41. The second kappa shape index (κ2) is 5.12. The molecule has 0 radical (unpaired) electrons. The Bertz CT molecular complexity index is 464. The first-order valence-electron chi connectivity index (χ1n) is 5.80. The highest BCUT2D eigenvalue weighted by Gasteiger charge is 2.16. The highest BCUT2D eigenvalue weighted by molar-refractivity contribution is 5.76. The van der Waals surface area contributed by atoms with E-state index in [1.807, 2.05) is 0 Å². The largest absolute Gasteiger partial charge is 0.341 e. The van der Waals surface area contributed by atoms with Gasteiger partial charge in [-0.1, -0.05) is 0 Å². The highest BCUT2D eigenvalue weighted by atomic mass is 19.1. The van der Waals surface area contributed by atoms with Gasteiger partial charge in [-0.25, -0.2) is 4.39 Å². The summed E-state index contributed by atoms with van der Waals surface area (Å²) in [7, 11) is 0. The number of likely N-dealkylation sites (tertiary alicyclic amines) is 1. The Labute approximate surface area is 98.7 Å². The highest BCUT2D eigenvalue weighted by Crippen LogP contribution is 2.09. The Morgan fingerprint density at radius 2 is 1.94 bits per heavy atom. The molecule has 0 spiro atoms. The minimum absolute atomic E-state index is 0.0728. The van der Waals surface area contributed by atoms with E-state index >= 15 is 0 Å². The Kier molecular flexibility index (Phi) is 3.56. The lowest BCUT2D eigenvalue weighted by atomic mass is 10.1. The topological polar surface area (TPSA) is 42.3 Å². The minimum atomic E-state index is -0.504. The monoisotopic (exact) mass is 238 g/mol. The maximum absolute atomic E-state index is 13.0. The number of carbonyl (C=O) groups is 1. The standard InChI is InChI=1S/C12H15FN2O2/c13-10-4-5-11(16)15(8-10)9-12(17)14-6-2-1-3-7-14/h4-5,8H,1-3,6-7,9H2. The van der Waals surface area contributed by atoms with Gasteiger partial charge in [0, 0.05) is 25.4 Å². The van der Waals surface area contributed by atoms with Crippen LogP contribution in [0.4, 0.5) is 4.39 Å². The lowest BCUT2D eigenvalue weighted by molar-refractivity contribution is -0.132. The molecule has 4 nitrogen and oxygen atoms in total. The van der Waals surface area contributed by atoms with Gasteiger partial charge in [0.1, 0.15) is 12.4 Å². The summed E-state index contributed by atoms with van der Waals surface area (Å²) in [6.07, 6.45) is 4.22. The Balaban J connectivity index is 2.07. The molecule has 1 saturated heterocycles. The van der Waals surface area contributed by atoms with E-state index in [1.165, 1.54) is 0 Å². The molecule has 1 amide bonds. The number of piperidine rings is 1. The molecule has 2 heterocycles. The van der Waals surface area contributed by atoms with E-state index in [0.29, 0.717) is 0 Å². The third-order valence-corrected chi connectivity index (χ3v) is 2.96. The summed E-state index contributed by atoms with van der Waals surface area (Å²) in [4.78, 5) is 25.0. The van der Waals surface area contributed by atoms with Crippen LogP contribution >= 0.6 is 0 Å². The van der Waals surface area contributed by atoms with Crippen LogP contribution in [0.15, 0.2) is 23.1 Å². The predicted octanol–water partition coefficient (Wildman–Crippen LogP) is 1.000. The van der Waals surface area contributed by atoms with Crippen molar-refractivity contribution >= 4 is 5.91 Å². The minimum Gasteiger partial charge on any atom is -0.341 e. The lowest BCUT2D eigenvalue weighted by Crippen LogP contribution is -2.39. The SMILES string of the molecule is O=C(Cn1cc(F)ccc1=O)N1CCCCC1. The summed E-state index contributed by atoms with van der Waals surface area (Å²) in [6, 6.07) is 2.24. The smallest absolute Gasteiger partial charge is 0.251 e. The Morgan fingerprint density at radius 1 is 1.24 bits per heavy atom. The van der Waals surface area contributed by atoms with Crippen LogP contribution in [0.5, 0.6) is 0 Å². The zero-order valence-electron chi connectivity index (χ0n) is 9.56. The third-order valence-electron chi connectivity index (χ3n) is 2.96. The fraction of sp³-hybridized carbons (Fsp3) is 0.500. The van der Waals surface area contributed by atoms with E-state index in [9.17, 15) is 14.0 Å². The van der Waals surface area contributed by atoms with Crippen LogP contribution in [-0.2, 0) is 11.3 Å². The number of amides is 1. The van der Waals surface area contributed by atoms with Gasteiger partial charge in [-0.2, -0.15) is 0 Å². The van der Waals surface area contributed by atoms with Gasteiger partial charge < -0.3 is 9.47 Å². The van der Waals surface area contributed by atoms with Gasteiger partial charge in [0.05, 0.1) is 0 Å². The molecular weight excluding hydrogens is 223 g/mol. The number of carbonyl (C=O) groups excluding carboxylic acids is 1. The van der Waals surface area contributed by atoms with Crippen LogP contribution < -0.4 is 5.56 Å². The van der Waals surface area contributed by atoms with Crippen LogP contribution in [0.2, 0.25) is 0 Å². The van der Waals surface area contributed by atoms with E-state index in [2.05, 4.69) is 0 Å². The van der Waals surface area contributed by atoms with Crippen molar-refractivity contribution in [1.29, 1.82) is 0 Å². The van der Waals surface area contributed by atoms with Gasteiger partial charge in [-0.3, -0.25) is 9.59 Å². The van der Waals surface area contributed by atoms with E-state index in [-0.39, 0.29) is 18.0 Å². The van der Waals surface area contributed by atoms with Crippen LogP contribution in [0.1, 0.15) is 19.3 Å². The van der Waals surface area contributed by atoms with E-state index in [4.69, 9.17) is 0 Å². The molecule has 0 aromatic carbocycles. The van der Waals surface area contributed by atoms with E-state index < -0.39 is 5.82 Å². The van der Waals surface area contributed by atoms with Crippen molar-refractivity contribution in [2.24, 2.45) is 0 Å². The summed E-state index contributed by atoms with van der Waals surface area (Å²) in [5.74, 6) is -0.617. The summed E-state index contributed by atoms with van der Waals surface area (Å²) < 4.78 is 14.1. The van der Waals surface area contributed by atoms with Gasteiger partial charge in [0.2, 0.25) is 5.91 Å². The maximum atomic E-state index is 13.0. The van der Waals surface area contributed by atoms with Crippen molar-refractivity contribution in [2.45, 2.75) is 25.8 Å². The fourth-order valence-corrected chi connectivity index (χ4v) is 2.01. The molecule has 0 aliphatic carbocycles. The molecule has 17 heavy (non-hydrogen) atoms. The van der Waals surface area contributed by atoms with E-state index in [1.54, 1.807) is 4.90 Å². The van der Waals surface area contributed by atoms with Gasteiger partial charge >= 0.3 is 0 Å². The zero-order valence-corrected chi connectivity index (χ0v) is 9.56. The first-order chi connectivity index (χ1) is 8.16. The number of rotatable bonds is 2. The molecule has 2 rings (SSSR count). The quantitative estimate of drug-likeness (QED) is 0.771. The van der Waals surface area contributed by atoms with Crippen molar-refractivity contribution in [1.82, 2.24) is 9.47 Å². The predicted molar refractivity (Wildman–Crippen MR) is 61.1 cm³/mol. The van der Waals surface area contributed by atoms with Crippen LogP contribution in [0, 0.1) is 5.82 Å². The number of aromatic nitrogens is 1. The van der Waals surface area contributed by atoms with Gasteiger partial charge in [0.25, 0.3) is 5.56 Å². The summed E-state index contributed by atoms with van der Waals surface area (Å²) >= 11 is 0. The molecule has 0 unspecified atom stereocenters. The van der Waals surface area contributed by atoms with Crippen molar-refractivity contribution in [3.8, 4) is 0 Å². The zero-order chi connectivity index (χ0) is 12.3. The molecule has 0 bridgehead atoms. The first-order valence-corrected chi connectivity index (χ1v) is 5.80. The van der Waals surface area contributed by atoms with Crippen LogP contribution in [0.3, 0.4) is 0 Å². The normalized spacial score (nSPS) is 15.9. The van der Waals surface area contributed by atoms with Gasteiger partial charge in [0.15, 0.2) is 0 Å². The van der Waals surface area contributed by atoms with Crippen molar-refractivity contribution in [2.75, 3.05) is 13.1 Å². The van der Waals surface area contributed by atoms with E-state index in [0.717, 1.165) is 55.2 Å². The van der Waals surface area contributed by atoms with Crippen LogP contribution in [-0.4, -0.2) is 28.5 Å². The number of pyridine rings is 1. The maximum Gasteiger partial charge on any atom is 0.251 e. The summed E-state index contributed by atoms with van der Waals surface area (Å²) in [5.41, 5.74) is -0.350. The number of hydrogen-bond donors (Lipinski definition) is 0. The van der Waals surface area contributed by atoms with Crippen molar-refractivity contribution in [3.63, 3.8) is 0 Å². The average Bonchev–Trinajstić information content (AvgIpc) is 2.35.